The number of aliphatic hydroxyl groups excluding tert-OH is 1. The first-order valence-electron chi connectivity index (χ1n) is 8.78. The highest BCUT2D eigenvalue weighted by atomic mass is 16.3. The van der Waals surface area contributed by atoms with E-state index in [1.54, 1.807) is 0 Å². The zero-order chi connectivity index (χ0) is 16.9. The number of aliphatic hydroxyl groups is 1. The van der Waals surface area contributed by atoms with Crippen LogP contribution in [0.5, 0.6) is 0 Å². The van der Waals surface area contributed by atoms with Crippen LogP contribution in [0.2, 0.25) is 0 Å². The fraction of sp³-hybridized carbons (Fsp3) is 0.526. The van der Waals surface area contributed by atoms with Crippen LogP contribution in [0.15, 0.2) is 30.3 Å². The lowest BCUT2D eigenvalue weighted by atomic mass is 10.1. The predicted octanol–water partition coefficient (Wildman–Crippen LogP) is 2.10. The van der Waals surface area contributed by atoms with Gasteiger partial charge < -0.3 is 5.11 Å². The minimum atomic E-state index is 0.240. The van der Waals surface area contributed by atoms with E-state index < -0.39 is 0 Å². The lowest BCUT2D eigenvalue weighted by Gasteiger charge is -2.41. The van der Waals surface area contributed by atoms with Crippen LogP contribution in [0.4, 0.5) is 0 Å². The molecule has 2 N–H and O–H groups in total. The molecule has 1 atom stereocenters. The minimum absolute atomic E-state index is 0.240. The zero-order valence-corrected chi connectivity index (χ0v) is 14.7. The maximum Gasteiger partial charge on any atom is 0.0765 e. The Morgan fingerprint density at radius 3 is 2.62 bits per heavy atom. The van der Waals surface area contributed by atoms with Crippen molar-refractivity contribution in [3.05, 3.63) is 52.8 Å². The van der Waals surface area contributed by atoms with Crippen LogP contribution < -0.4 is 0 Å². The third-order valence-electron chi connectivity index (χ3n) is 4.80. The highest BCUT2D eigenvalue weighted by Gasteiger charge is 2.26. The van der Waals surface area contributed by atoms with Crippen molar-refractivity contribution in [2.75, 3.05) is 26.2 Å². The number of hydrogen-bond acceptors (Lipinski definition) is 4. The van der Waals surface area contributed by atoms with Gasteiger partial charge in [0.15, 0.2) is 0 Å². The first-order chi connectivity index (χ1) is 11.6. The second kappa shape index (κ2) is 7.92. The second-order valence-electron chi connectivity index (χ2n) is 6.90. The van der Waals surface area contributed by atoms with E-state index in [0.29, 0.717) is 6.04 Å². The topological polar surface area (TPSA) is 55.4 Å². The fourth-order valence-electron chi connectivity index (χ4n) is 3.44. The number of nitrogens with zero attached hydrogens (tertiary/aromatic N) is 3. The highest BCUT2D eigenvalue weighted by molar-refractivity contribution is 5.21. The fourth-order valence-corrected chi connectivity index (χ4v) is 3.44. The Kier molecular flexibility index (Phi) is 5.66. The van der Waals surface area contributed by atoms with Gasteiger partial charge in [-0.15, -0.1) is 0 Å². The summed E-state index contributed by atoms with van der Waals surface area (Å²) < 4.78 is 0. The summed E-state index contributed by atoms with van der Waals surface area (Å²) in [7, 11) is 0. The number of aryl methyl sites for hydroxylation is 2. The molecular formula is C19H28N4O. The Balaban J connectivity index is 1.61. The van der Waals surface area contributed by atoms with E-state index in [0.717, 1.165) is 50.5 Å². The van der Waals surface area contributed by atoms with Crippen LogP contribution in [-0.2, 0) is 13.1 Å². The molecule has 0 unspecified atom stereocenters. The Hall–Kier alpha value is -1.69. The van der Waals surface area contributed by atoms with Crippen molar-refractivity contribution >= 4 is 0 Å². The van der Waals surface area contributed by atoms with Crippen molar-refractivity contribution in [2.24, 2.45) is 0 Å². The molecular weight excluding hydrogens is 300 g/mol. The largest absolute Gasteiger partial charge is 0.396 e. The summed E-state index contributed by atoms with van der Waals surface area (Å²) in [6.45, 7) is 9.29. The zero-order valence-electron chi connectivity index (χ0n) is 14.7. The van der Waals surface area contributed by atoms with Gasteiger partial charge in [0.2, 0.25) is 0 Å². The van der Waals surface area contributed by atoms with Crippen molar-refractivity contribution in [1.82, 2.24) is 20.0 Å². The number of nitrogens with one attached hydrogen (secondary N) is 1. The standard InChI is InChI=1S/C19H28N4O/c1-15-3-5-17(6-4-15)12-23-9-8-22(14-19(23)7-10-24)13-18-11-16(2)20-21-18/h3-6,11,19,24H,7-10,12-14H2,1-2H3,(H,20,21)/t19-/m0/s1. The van der Waals surface area contributed by atoms with Gasteiger partial charge in [0, 0.05) is 51.1 Å². The quantitative estimate of drug-likeness (QED) is 0.853. The van der Waals surface area contributed by atoms with Crippen molar-refractivity contribution in [1.29, 1.82) is 0 Å². The molecule has 5 nitrogen and oxygen atoms in total. The molecule has 1 aliphatic heterocycles. The summed E-state index contributed by atoms with van der Waals surface area (Å²) in [6.07, 6.45) is 0.821. The molecule has 0 radical (unpaired) electrons. The minimum Gasteiger partial charge on any atom is -0.396 e. The van der Waals surface area contributed by atoms with Crippen molar-refractivity contribution in [3.63, 3.8) is 0 Å². The van der Waals surface area contributed by atoms with Gasteiger partial charge in [0.05, 0.1) is 5.69 Å². The van der Waals surface area contributed by atoms with Crippen molar-refractivity contribution in [3.8, 4) is 0 Å². The number of aromatic amines is 1. The van der Waals surface area contributed by atoms with Crippen LogP contribution in [0.3, 0.4) is 0 Å². The van der Waals surface area contributed by atoms with E-state index >= 15 is 0 Å². The molecule has 1 saturated heterocycles. The number of aromatic nitrogens is 2. The molecule has 1 aromatic heterocycles. The third-order valence-corrected chi connectivity index (χ3v) is 4.80. The highest BCUT2D eigenvalue weighted by Crippen LogP contribution is 2.18. The number of rotatable bonds is 6. The number of piperazine rings is 1. The first-order valence-corrected chi connectivity index (χ1v) is 8.78. The molecule has 1 aromatic carbocycles. The molecule has 0 amide bonds. The van der Waals surface area contributed by atoms with E-state index in [4.69, 9.17) is 0 Å². The van der Waals surface area contributed by atoms with Gasteiger partial charge in [-0.05, 0) is 31.9 Å². The molecule has 1 aliphatic rings. The molecule has 1 fully saturated rings. The average Bonchev–Trinajstić information content (AvgIpc) is 2.97. The van der Waals surface area contributed by atoms with Gasteiger partial charge in [-0.1, -0.05) is 29.8 Å². The molecule has 0 aliphatic carbocycles. The van der Waals surface area contributed by atoms with Gasteiger partial charge in [0.1, 0.15) is 0 Å². The van der Waals surface area contributed by atoms with Crippen LogP contribution in [0, 0.1) is 13.8 Å². The molecule has 3 rings (SSSR count). The van der Waals surface area contributed by atoms with Crippen molar-refractivity contribution < 1.29 is 5.11 Å². The summed E-state index contributed by atoms with van der Waals surface area (Å²) in [5.41, 5.74) is 4.85. The summed E-state index contributed by atoms with van der Waals surface area (Å²) in [6, 6.07) is 11.3. The predicted molar refractivity (Wildman–Crippen MR) is 95.7 cm³/mol. The smallest absolute Gasteiger partial charge is 0.0765 e. The lowest BCUT2D eigenvalue weighted by molar-refractivity contribution is 0.0494. The van der Waals surface area contributed by atoms with E-state index in [1.807, 2.05) is 6.92 Å². The molecule has 0 bridgehead atoms. The Morgan fingerprint density at radius 2 is 1.96 bits per heavy atom. The van der Waals surface area contributed by atoms with Gasteiger partial charge in [-0.25, -0.2) is 0 Å². The van der Waals surface area contributed by atoms with Crippen LogP contribution in [0.25, 0.3) is 0 Å². The van der Waals surface area contributed by atoms with Crippen molar-refractivity contribution in [2.45, 2.75) is 39.4 Å². The first kappa shape index (κ1) is 17.1. The number of H-pyrrole nitrogens is 1. The van der Waals surface area contributed by atoms with Crippen LogP contribution in [0.1, 0.15) is 28.9 Å². The maximum absolute atomic E-state index is 9.46. The molecule has 2 aromatic rings. The van der Waals surface area contributed by atoms with E-state index in [1.165, 1.54) is 11.1 Å². The van der Waals surface area contributed by atoms with E-state index in [9.17, 15) is 5.11 Å². The molecule has 5 heteroatoms. The summed E-state index contributed by atoms with van der Waals surface area (Å²) in [4.78, 5) is 4.95. The molecule has 24 heavy (non-hydrogen) atoms. The van der Waals surface area contributed by atoms with Gasteiger partial charge in [-0.3, -0.25) is 14.9 Å². The third kappa shape index (κ3) is 4.44. The summed E-state index contributed by atoms with van der Waals surface area (Å²) in [5.74, 6) is 0. The number of hydrogen-bond donors (Lipinski definition) is 2. The SMILES string of the molecule is Cc1ccc(CN2CCN(Cc3cc(C)[nH]n3)C[C@@H]2CCO)cc1. The summed E-state index contributed by atoms with van der Waals surface area (Å²) >= 11 is 0. The van der Waals surface area contributed by atoms with E-state index in [2.05, 4.69) is 57.3 Å². The molecule has 0 saturated carbocycles. The van der Waals surface area contributed by atoms with Gasteiger partial charge in [0.25, 0.3) is 0 Å². The number of benzene rings is 1. The van der Waals surface area contributed by atoms with Crippen LogP contribution >= 0.6 is 0 Å². The average molecular weight is 328 g/mol. The normalized spacial score (nSPS) is 19.7. The van der Waals surface area contributed by atoms with Gasteiger partial charge >= 0.3 is 0 Å². The Labute approximate surface area is 144 Å². The molecule has 130 valence electrons. The summed E-state index contributed by atoms with van der Waals surface area (Å²) in [5, 5.41) is 16.8. The lowest BCUT2D eigenvalue weighted by Crippen LogP contribution is -2.52. The Bertz CT molecular complexity index is 637. The molecule has 0 spiro atoms. The van der Waals surface area contributed by atoms with E-state index in [-0.39, 0.29) is 6.61 Å². The van der Waals surface area contributed by atoms with Crippen LogP contribution in [-0.4, -0.2) is 57.4 Å². The second-order valence-corrected chi connectivity index (χ2v) is 6.90. The monoisotopic (exact) mass is 328 g/mol. The Morgan fingerprint density at radius 1 is 1.17 bits per heavy atom. The molecule has 2 heterocycles. The maximum atomic E-state index is 9.46. The van der Waals surface area contributed by atoms with Gasteiger partial charge in [-0.2, -0.15) is 5.10 Å².